The molecule has 2 heterocycles. The second kappa shape index (κ2) is 9.15. The molecule has 29 heavy (non-hydrogen) atoms. The first-order chi connectivity index (χ1) is 13.9. The molecule has 0 saturated carbocycles. The molecule has 1 aromatic carbocycles. The maximum absolute atomic E-state index is 12.8. The minimum Gasteiger partial charge on any atom is -0.465 e. The summed E-state index contributed by atoms with van der Waals surface area (Å²) in [7, 11) is -2.26. The zero-order chi connectivity index (χ0) is 20.9. The number of aromatic nitrogens is 1. The Balaban J connectivity index is 1.66. The lowest BCUT2D eigenvalue weighted by molar-refractivity contribution is 0.0599. The van der Waals surface area contributed by atoms with Crippen molar-refractivity contribution in [2.75, 3.05) is 20.2 Å². The second-order valence-corrected chi connectivity index (χ2v) is 8.66. The molecular formula is C20H23N3O5S. The Hall–Kier alpha value is -2.78. The van der Waals surface area contributed by atoms with Crippen LogP contribution in [0.15, 0.2) is 47.5 Å². The van der Waals surface area contributed by atoms with E-state index in [9.17, 15) is 18.0 Å². The van der Waals surface area contributed by atoms with Gasteiger partial charge in [0, 0.05) is 25.8 Å². The summed E-state index contributed by atoms with van der Waals surface area (Å²) in [4.78, 5) is 27.9. The molecule has 3 rings (SSSR count). The maximum atomic E-state index is 12.8. The van der Waals surface area contributed by atoms with E-state index >= 15 is 0 Å². The number of hydrogen-bond donors (Lipinski definition) is 1. The van der Waals surface area contributed by atoms with Crippen molar-refractivity contribution < 1.29 is 22.7 Å². The molecule has 1 aliphatic rings. The van der Waals surface area contributed by atoms with Crippen LogP contribution in [-0.2, 0) is 21.3 Å². The normalized spacial score (nSPS) is 14.9. The zero-order valence-corrected chi connectivity index (χ0v) is 16.9. The van der Waals surface area contributed by atoms with Crippen molar-refractivity contribution in [2.24, 2.45) is 0 Å². The third-order valence-corrected chi connectivity index (χ3v) is 6.62. The monoisotopic (exact) mass is 417 g/mol. The lowest BCUT2D eigenvalue weighted by Gasteiger charge is -2.26. The Morgan fingerprint density at radius 3 is 2.55 bits per heavy atom. The van der Waals surface area contributed by atoms with E-state index in [4.69, 9.17) is 0 Å². The lowest BCUT2D eigenvalue weighted by atomic mass is 10.2. The van der Waals surface area contributed by atoms with E-state index < -0.39 is 21.9 Å². The van der Waals surface area contributed by atoms with Gasteiger partial charge in [0.2, 0.25) is 10.0 Å². The maximum Gasteiger partial charge on any atom is 0.339 e. The molecule has 154 valence electrons. The summed E-state index contributed by atoms with van der Waals surface area (Å²) in [6.07, 6.45) is 4.06. The molecule has 0 aliphatic carbocycles. The van der Waals surface area contributed by atoms with Gasteiger partial charge in [-0.3, -0.25) is 9.78 Å². The largest absolute Gasteiger partial charge is 0.465 e. The molecule has 0 unspecified atom stereocenters. The van der Waals surface area contributed by atoms with Crippen LogP contribution in [0, 0.1) is 0 Å². The van der Waals surface area contributed by atoms with Gasteiger partial charge in [-0.05, 0) is 42.7 Å². The Bertz CT molecular complexity index is 983. The predicted octanol–water partition coefficient (Wildman–Crippen LogP) is 1.97. The second-order valence-electron chi connectivity index (χ2n) is 6.72. The van der Waals surface area contributed by atoms with Gasteiger partial charge >= 0.3 is 5.97 Å². The fourth-order valence-electron chi connectivity index (χ4n) is 3.11. The quantitative estimate of drug-likeness (QED) is 0.721. The number of esters is 1. The van der Waals surface area contributed by atoms with E-state index in [0.717, 1.165) is 19.3 Å². The molecule has 1 amide bonds. The molecular weight excluding hydrogens is 394 g/mol. The van der Waals surface area contributed by atoms with Crippen molar-refractivity contribution >= 4 is 21.9 Å². The Morgan fingerprint density at radius 2 is 1.90 bits per heavy atom. The van der Waals surface area contributed by atoms with Crippen LogP contribution < -0.4 is 5.32 Å². The highest BCUT2D eigenvalue weighted by Crippen LogP contribution is 2.21. The topological polar surface area (TPSA) is 106 Å². The SMILES string of the molecule is COC(=O)c1ccc(C(=O)NCc2cccc(S(=O)(=O)N3CCCCC3)c2)nc1. The number of methoxy groups -OCH3 is 1. The molecule has 8 nitrogen and oxygen atoms in total. The average molecular weight is 417 g/mol. The number of hydrogen-bond acceptors (Lipinski definition) is 6. The molecule has 1 fully saturated rings. The first-order valence-electron chi connectivity index (χ1n) is 9.33. The van der Waals surface area contributed by atoms with E-state index in [1.165, 1.54) is 29.7 Å². The standard InChI is InChI=1S/C20H23N3O5S/c1-28-20(25)16-8-9-18(21-14-16)19(24)22-13-15-6-5-7-17(12-15)29(26,27)23-10-3-2-4-11-23/h5-9,12,14H,2-4,10-11,13H2,1H3,(H,22,24). The van der Waals surface area contributed by atoms with Crippen molar-refractivity contribution in [3.63, 3.8) is 0 Å². The number of sulfonamides is 1. The number of amides is 1. The van der Waals surface area contributed by atoms with Crippen LogP contribution in [-0.4, -0.2) is 49.8 Å². The van der Waals surface area contributed by atoms with Gasteiger partial charge in [0.25, 0.3) is 5.91 Å². The van der Waals surface area contributed by atoms with Gasteiger partial charge in [0.05, 0.1) is 17.6 Å². The minimum atomic E-state index is -3.53. The predicted molar refractivity (Wildman–Crippen MR) is 106 cm³/mol. The van der Waals surface area contributed by atoms with Crippen LogP contribution in [0.5, 0.6) is 0 Å². The third kappa shape index (κ3) is 4.99. The van der Waals surface area contributed by atoms with Crippen molar-refractivity contribution in [1.29, 1.82) is 0 Å². The molecule has 1 N–H and O–H groups in total. The number of piperidine rings is 1. The van der Waals surface area contributed by atoms with Gasteiger partial charge in [0.15, 0.2) is 0 Å². The Labute approximate surface area is 169 Å². The van der Waals surface area contributed by atoms with Gasteiger partial charge in [-0.2, -0.15) is 4.31 Å². The molecule has 9 heteroatoms. The summed E-state index contributed by atoms with van der Waals surface area (Å²) < 4.78 is 31.7. The molecule has 0 bridgehead atoms. The molecule has 1 aromatic heterocycles. The number of benzene rings is 1. The number of carbonyl (C=O) groups excluding carboxylic acids is 2. The summed E-state index contributed by atoms with van der Waals surface area (Å²) in [5.41, 5.74) is 1.07. The smallest absolute Gasteiger partial charge is 0.339 e. The first kappa shape index (κ1) is 20.9. The zero-order valence-electron chi connectivity index (χ0n) is 16.1. The van der Waals surface area contributed by atoms with Gasteiger partial charge in [0.1, 0.15) is 5.69 Å². The number of nitrogens with one attached hydrogen (secondary N) is 1. The number of pyridine rings is 1. The highest BCUT2D eigenvalue weighted by atomic mass is 32.2. The van der Waals surface area contributed by atoms with Crippen LogP contribution in [0.2, 0.25) is 0 Å². The van der Waals surface area contributed by atoms with Crippen LogP contribution >= 0.6 is 0 Å². The summed E-state index contributed by atoms with van der Waals surface area (Å²) in [5.74, 6) is -0.957. The highest BCUT2D eigenvalue weighted by Gasteiger charge is 2.26. The minimum absolute atomic E-state index is 0.148. The molecule has 0 atom stereocenters. The Morgan fingerprint density at radius 1 is 1.14 bits per heavy atom. The third-order valence-electron chi connectivity index (χ3n) is 4.72. The van der Waals surface area contributed by atoms with E-state index in [1.54, 1.807) is 24.3 Å². The van der Waals surface area contributed by atoms with Crippen molar-refractivity contribution in [1.82, 2.24) is 14.6 Å². The van der Waals surface area contributed by atoms with Crippen molar-refractivity contribution in [3.8, 4) is 0 Å². The number of nitrogens with zero attached hydrogens (tertiary/aromatic N) is 2. The molecule has 0 radical (unpaired) electrons. The van der Waals surface area contributed by atoms with Crippen LogP contribution in [0.1, 0.15) is 45.7 Å². The fourth-order valence-corrected chi connectivity index (χ4v) is 4.70. The Kier molecular flexibility index (Phi) is 6.60. The van der Waals surface area contributed by atoms with E-state index in [-0.39, 0.29) is 22.7 Å². The van der Waals surface area contributed by atoms with E-state index in [1.807, 2.05) is 0 Å². The first-order valence-corrected chi connectivity index (χ1v) is 10.8. The van der Waals surface area contributed by atoms with Gasteiger partial charge in [-0.1, -0.05) is 18.6 Å². The molecule has 0 spiro atoms. The van der Waals surface area contributed by atoms with E-state index in [2.05, 4.69) is 15.0 Å². The summed E-state index contributed by atoms with van der Waals surface area (Å²) in [5, 5.41) is 2.71. The molecule has 2 aromatic rings. The van der Waals surface area contributed by atoms with Gasteiger partial charge in [-0.25, -0.2) is 13.2 Å². The van der Waals surface area contributed by atoms with Gasteiger partial charge in [-0.15, -0.1) is 0 Å². The summed E-state index contributed by atoms with van der Waals surface area (Å²) in [6.45, 7) is 1.23. The lowest BCUT2D eigenvalue weighted by Crippen LogP contribution is -2.35. The number of ether oxygens (including phenoxy) is 1. The fraction of sp³-hybridized carbons (Fsp3) is 0.350. The molecule has 1 saturated heterocycles. The van der Waals surface area contributed by atoms with Crippen LogP contribution in [0.3, 0.4) is 0 Å². The summed E-state index contributed by atoms with van der Waals surface area (Å²) in [6, 6.07) is 9.46. The van der Waals surface area contributed by atoms with E-state index in [0.29, 0.717) is 18.7 Å². The highest BCUT2D eigenvalue weighted by molar-refractivity contribution is 7.89. The van der Waals surface area contributed by atoms with Crippen molar-refractivity contribution in [3.05, 3.63) is 59.4 Å². The summed E-state index contributed by atoms with van der Waals surface area (Å²) >= 11 is 0. The van der Waals surface area contributed by atoms with Crippen LogP contribution in [0.4, 0.5) is 0 Å². The van der Waals surface area contributed by atoms with Crippen molar-refractivity contribution in [2.45, 2.75) is 30.7 Å². The van der Waals surface area contributed by atoms with Gasteiger partial charge < -0.3 is 10.1 Å². The average Bonchev–Trinajstić information content (AvgIpc) is 2.77. The van der Waals surface area contributed by atoms with Crippen LogP contribution in [0.25, 0.3) is 0 Å². The number of rotatable bonds is 6. The number of carbonyl (C=O) groups is 2. The molecule has 1 aliphatic heterocycles.